The summed E-state index contributed by atoms with van der Waals surface area (Å²) in [5, 5.41) is 10.3. The first-order valence-electron chi connectivity index (χ1n) is 10.6. The van der Waals surface area contributed by atoms with Crippen LogP contribution in [-0.4, -0.2) is 32.5 Å². The van der Waals surface area contributed by atoms with Gasteiger partial charge >= 0.3 is 6.18 Å². The van der Waals surface area contributed by atoms with E-state index in [1.807, 2.05) is 0 Å². The van der Waals surface area contributed by atoms with Crippen LogP contribution >= 0.6 is 0 Å². The van der Waals surface area contributed by atoms with Gasteiger partial charge in [0.25, 0.3) is 5.91 Å². The normalized spacial score (nSPS) is 11.6. The average molecular weight is 483 g/mol. The van der Waals surface area contributed by atoms with Gasteiger partial charge in [-0.05, 0) is 48.0 Å². The van der Waals surface area contributed by atoms with Gasteiger partial charge in [0.1, 0.15) is 12.0 Å². The lowest BCUT2D eigenvalue weighted by atomic mass is 10.1. The lowest BCUT2D eigenvalue weighted by Crippen LogP contribution is -2.12. The second-order valence-corrected chi connectivity index (χ2v) is 7.37. The number of halogens is 3. The number of rotatable bonds is 9. The Kier molecular flexibility index (Phi) is 7.24. The molecule has 0 unspecified atom stereocenters. The van der Waals surface area contributed by atoms with Gasteiger partial charge in [0.15, 0.2) is 5.69 Å². The number of hydrogen-bond acceptors (Lipinski definition) is 6. The highest BCUT2D eigenvalue weighted by Crippen LogP contribution is 2.29. The summed E-state index contributed by atoms with van der Waals surface area (Å²) in [6.07, 6.45) is 3.99. The van der Waals surface area contributed by atoms with Crippen LogP contribution in [0.5, 0.6) is 5.75 Å². The molecule has 0 aliphatic rings. The van der Waals surface area contributed by atoms with E-state index in [1.165, 1.54) is 24.5 Å². The molecule has 4 aromatic rings. The number of hydrogen-bond donors (Lipinski definition) is 1. The van der Waals surface area contributed by atoms with Crippen LogP contribution < -0.4 is 10.1 Å². The number of anilines is 1. The number of alkyl halides is 3. The number of benzene rings is 2. The Hall–Kier alpha value is -4.41. The SMILES string of the molecule is O=C(Nc1ccc(OCCCn2ccnn2)cc1)c1coc(/C=C/c2ccc(C(F)(F)F)cc2)n1. The summed E-state index contributed by atoms with van der Waals surface area (Å²) in [6, 6.07) is 11.5. The van der Waals surface area contributed by atoms with E-state index < -0.39 is 17.6 Å². The molecule has 0 bridgehead atoms. The summed E-state index contributed by atoms with van der Waals surface area (Å²) >= 11 is 0. The largest absolute Gasteiger partial charge is 0.494 e. The Morgan fingerprint density at radius 1 is 1.09 bits per heavy atom. The molecule has 1 amide bonds. The molecule has 2 aromatic heterocycles. The number of amides is 1. The lowest BCUT2D eigenvalue weighted by Gasteiger charge is -2.07. The molecule has 0 saturated heterocycles. The van der Waals surface area contributed by atoms with Crippen molar-refractivity contribution < 1.29 is 27.1 Å². The Morgan fingerprint density at radius 3 is 2.54 bits per heavy atom. The Bertz CT molecular complexity index is 1270. The minimum absolute atomic E-state index is 0.0607. The summed E-state index contributed by atoms with van der Waals surface area (Å²) < 4.78 is 50.6. The number of nitrogens with zero attached hydrogens (tertiary/aromatic N) is 4. The van der Waals surface area contributed by atoms with E-state index in [0.29, 0.717) is 30.2 Å². The monoisotopic (exact) mass is 483 g/mol. The third-order valence-corrected chi connectivity index (χ3v) is 4.80. The third kappa shape index (κ3) is 6.79. The molecule has 2 aromatic carbocycles. The summed E-state index contributed by atoms with van der Waals surface area (Å²) in [7, 11) is 0. The van der Waals surface area contributed by atoms with Gasteiger partial charge in [-0.2, -0.15) is 13.2 Å². The van der Waals surface area contributed by atoms with Crippen LogP contribution in [0, 0.1) is 0 Å². The van der Waals surface area contributed by atoms with Gasteiger partial charge in [-0.3, -0.25) is 9.48 Å². The van der Waals surface area contributed by atoms with Crippen LogP contribution in [0.2, 0.25) is 0 Å². The van der Waals surface area contributed by atoms with Gasteiger partial charge in [-0.1, -0.05) is 17.3 Å². The topological polar surface area (TPSA) is 95.1 Å². The maximum absolute atomic E-state index is 12.6. The van der Waals surface area contributed by atoms with Gasteiger partial charge < -0.3 is 14.5 Å². The molecular formula is C24H20F3N5O3. The molecular weight excluding hydrogens is 463 g/mol. The fourth-order valence-corrected chi connectivity index (χ4v) is 3.02. The molecule has 0 aliphatic heterocycles. The van der Waals surface area contributed by atoms with Gasteiger partial charge in [0.2, 0.25) is 5.89 Å². The van der Waals surface area contributed by atoms with Gasteiger partial charge in [-0.15, -0.1) is 5.10 Å². The van der Waals surface area contributed by atoms with Crippen molar-refractivity contribution in [1.82, 2.24) is 20.0 Å². The van der Waals surface area contributed by atoms with E-state index >= 15 is 0 Å². The summed E-state index contributed by atoms with van der Waals surface area (Å²) in [5.41, 5.74) is 0.413. The van der Waals surface area contributed by atoms with Crippen molar-refractivity contribution in [3.8, 4) is 5.75 Å². The van der Waals surface area contributed by atoms with E-state index in [1.54, 1.807) is 47.4 Å². The van der Waals surface area contributed by atoms with Crippen LogP contribution in [-0.2, 0) is 12.7 Å². The molecule has 4 rings (SSSR count). The first-order chi connectivity index (χ1) is 16.9. The molecule has 11 heteroatoms. The van der Waals surface area contributed by atoms with Crippen molar-refractivity contribution in [3.05, 3.63) is 89.9 Å². The fourth-order valence-electron chi connectivity index (χ4n) is 3.02. The zero-order chi connectivity index (χ0) is 24.7. The highest BCUT2D eigenvalue weighted by molar-refractivity contribution is 6.02. The molecule has 8 nitrogen and oxygen atoms in total. The van der Waals surface area contributed by atoms with E-state index in [0.717, 1.165) is 18.6 Å². The number of aromatic nitrogens is 4. The van der Waals surface area contributed by atoms with Gasteiger partial charge in [0, 0.05) is 30.9 Å². The van der Waals surface area contributed by atoms with E-state index in [9.17, 15) is 18.0 Å². The lowest BCUT2D eigenvalue weighted by molar-refractivity contribution is -0.137. The quantitative estimate of drug-likeness (QED) is 0.330. The van der Waals surface area contributed by atoms with Crippen LogP contribution in [0.3, 0.4) is 0 Å². The molecule has 1 N–H and O–H groups in total. The maximum atomic E-state index is 12.6. The van der Waals surface area contributed by atoms with Crippen molar-refractivity contribution in [2.75, 3.05) is 11.9 Å². The summed E-state index contributed by atoms with van der Waals surface area (Å²) in [4.78, 5) is 16.5. The standard InChI is InChI=1S/C24H20F3N5O3/c25-24(26,27)18-5-2-17(3-6-18)4-11-22-30-21(16-35-22)23(33)29-19-7-9-20(10-8-19)34-15-1-13-32-14-12-28-31-32/h2-12,14,16H,1,13,15H2,(H,29,33)/b11-4+. The highest BCUT2D eigenvalue weighted by Gasteiger charge is 2.29. The van der Waals surface area contributed by atoms with Crippen molar-refractivity contribution in [1.29, 1.82) is 0 Å². The zero-order valence-electron chi connectivity index (χ0n) is 18.3. The van der Waals surface area contributed by atoms with Crippen molar-refractivity contribution in [2.45, 2.75) is 19.1 Å². The van der Waals surface area contributed by atoms with E-state index in [-0.39, 0.29) is 11.6 Å². The van der Waals surface area contributed by atoms with Crippen LogP contribution in [0.4, 0.5) is 18.9 Å². The zero-order valence-corrected chi connectivity index (χ0v) is 18.3. The average Bonchev–Trinajstić information content (AvgIpc) is 3.54. The molecule has 0 spiro atoms. The number of ether oxygens (including phenoxy) is 1. The second kappa shape index (κ2) is 10.7. The van der Waals surface area contributed by atoms with E-state index in [4.69, 9.17) is 9.15 Å². The predicted molar refractivity (Wildman–Crippen MR) is 121 cm³/mol. The molecule has 0 aliphatic carbocycles. The summed E-state index contributed by atoms with van der Waals surface area (Å²) in [5.74, 6) is 0.341. The van der Waals surface area contributed by atoms with Crippen molar-refractivity contribution in [3.63, 3.8) is 0 Å². The maximum Gasteiger partial charge on any atom is 0.416 e. The number of oxazole rings is 1. The molecule has 2 heterocycles. The number of nitrogens with one attached hydrogen (secondary N) is 1. The predicted octanol–water partition coefficient (Wildman–Crippen LogP) is 5.18. The number of carbonyl (C=O) groups excluding carboxylic acids is 1. The fraction of sp³-hybridized carbons (Fsp3) is 0.167. The molecule has 35 heavy (non-hydrogen) atoms. The third-order valence-electron chi connectivity index (χ3n) is 4.80. The van der Waals surface area contributed by atoms with Crippen LogP contribution in [0.25, 0.3) is 12.2 Å². The molecule has 180 valence electrons. The minimum Gasteiger partial charge on any atom is -0.494 e. The first kappa shape index (κ1) is 23.7. The van der Waals surface area contributed by atoms with Gasteiger partial charge in [0.05, 0.1) is 18.4 Å². The molecule has 0 saturated carbocycles. The number of aryl methyl sites for hydroxylation is 1. The van der Waals surface area contributed by atoms with Gasteiger partial charge in [-0.25, -0.2) is 4.98 Å². The van der Waals surface area contributed by atoms with Crippen LogP contribution in [0.15, 0.2) is 71.6 Å². The first-order valence-corrected chi connectivity index (χ1v) is 10.6. The Labute approximate surface area is 198 Å². The van der Waals surface area contributed by atoms with Crippen LogP contribution in [0.1, 0.15) is 33.9 Å². The second-order valence-electron chi connectivity index (χ2n) is 7.37. The van der Waals surface area contributed by atoms with Crippen molar-refractivity contribution >= 4 is 23.7 Å². The minimum atomic E-state index is -4.39. The molecule has 0 fully saturated rings. The van der Waals surface area contributed by atoms with Crippen molar-refractivity contribution in [2.24, 2.45) is 0 Å². The Balaban J connectivity index is 1.26. The molecule has 0 radical (unpaired) electrons. The summed E-state index contributed by atoms with van der Waals surface area (Å²) in [6.45, 7) is 1.21. The number of carbonyl (C=O) groups is 1. The Morgan fingerprint density at radius 2 is 1.86 bits per heavy atom. The molecule has 0 atom stereocenters. The smallest absolute Gasteiger partial charge is 0.416 e. The highest BCUT2D eigenvalue weighted by atomic mass is 19.4. The van der Waals surface area contributed by atoms with E-state index in [2.05, 4.69) is 20.6 Å².